The smallest absolute Gasteiger partial charge is 0.325 e. The van der Waals surface area contributed by atoms with Crippen molar-refractivity contribution in [3.8, 4) is 11.9 Å². The molecule has 0 saturated carbocycles. The van der Waals surface area contributed by atoms with E-state index in [0.29, 0.717) is 32.6 Å². The molecule has 2 aliphatic rings. The molecule has 1 atom stereocenters. The molecule has 3 heterocycles. The van der Waals surface area contributed by atoms with Gasteiger partial charge >= 0.3 is 6.03 Å². The Morgan fingerprint density at radius 2 is 2.03 bits per heavy atom. The van der Waals surface area contributed by atoms with E-state index < -0.39 is 11.8 Å². The molecule has 10 heteroatoms. The van der Waals surface area contributed by atoms with Crippen molar-refractivity contribution in [1.29, 1.82) is 5.26 Å². The number of amides is 3. The Morgan fingerprint density at radius 1 is 1.23 bits per heavy atom. The lowest BCUT2D eigenvalue weighted by Crippen LogP contribution is -2.42. The average molecular weight is 410 g/mol. The number of hydrogen-bond donors (Lipinski definition) is 0. The van der Waals surface area contributed by atoms with E-state index in [0.717, 1.165) is 0 Å². The average Bonchev–Trinajstić information content (AvgIpc) is 3.36. The second kappa shape index (κ2) is 8.32. The van der Waals surface area contributed by atoms with E-state index in [-0.39, 0.29) is 35.8 Å². The summed E-state index contributed by atoms with van der Waals surface area (Å²) >= 11 is 0. The molecular formula is C20H19FN6O3. The lowest BCUT2D eigenvalue weighted by atomic mass is 10.3. The van der Waals surface area contributed by atoms with Crippen LogP contribution in [0.15, 0.2) is 36.7 Å². The van der Waals surface area contributed by atoms with Crippen molar-refractivity contribution in [1.82, 2.24) is 19.8 Å². The first-order valence-corrected chi connectivity index (χ1v) is 9.53. The number of ether oxygens (including phenoxy) is 1. The Kier molecular flexibility index (Phi) is 5.43. The van der Waals surface area contributed by atoms with Crippen molar-refractivity contribution in [2.45, 2.75) is 12.5 Å². The highest BCUT2D eigenvalue weighted by Crippen LogP contribution is 2.24. The normalized spacial score (nSPS) is 18.6. The molecule has 0 aliphatic carbocycles. The predicted molar refractivity (Wildman–Crippen MR) is 103 cm³/mol. The van der Waals surface area contributed by atoms with Crippen LogP contribution in [0.4, 0.5) is 14.9 Å². The second-order valence-corrected chi connectivity index (χ2v) is 7.00. The molecule has 4 rings (SSSR count). The van der Waals surface area contributed by atoms with Crippen molar-refractivity contribution >= 4 is 17.6 Å². The molecule has 0 radical (unpaired) electrons. The van der Waals surface area contributed by atoms with Crippen molar-refractivity contribution < 1.29 is 18.7 Å². The molecule has 1 aromatic carbocycles. The number of benzene rings is 1. The lowest BCUT2D eigenvalue weighted by Gasteiger charge is -2.22. The quantitative estimate of drug-likeness (QED) is 0.739. The van der Waals surface area contributed by atoms with Crippen molar-refractivity contribution in [3.05, 3.63) is 48.2 Å². The number of carbonyl (C=O) groups is 2. The molecule has 2 saturated heterocycles. The van der Waals surface area contributed by atoms with E-state index in [4.69, 9.17) is 10.00 Å². The number of halogens is 1. The van der Waals surface area contributed by atoms with Crippen molar-refractivity contribution in [2.24, 2.45) is 0 Å². The third kappa shape index (κ3) is 3.87. The van der Waals surface area contributed by atoms with Gasteiger partial charge in [-0.1, -0.05) is 12.1 Å². The molecule has 0 N–H and O–H groups in total. The van der Waals surface area contributed by atoms with Crippen LogP contribution in [0.25, 0.3) is 0 Å². The molecule has 154 valence electrons. The predicted octanol–water partition coefficient (Wildman–Crippen LogP) is 1.41. The summed E-state index contributed by atoms with van der Waals surface area (Å²) in [6.07, 6.45) is 3.13. The van der Waals surface area contributed by atoms with Crippen LogP contribution in [0.1, 0.15) is 12.1 Å². The number of hydrogen-bond acceptors (Lipinski definition) is 6. The molecule has 1 aromatic heterocycles. The number of aromatic nitrogens is 2. The van der Waals surface area contributed by atoms with Gasteiger partial charge in [-0.05, 0) is 12.1 Å². The number of carbonyl (C=O) groups excluding carboxylic acids is 2. The molecule has 0 bridgehead atoms. The molecule has 1 unspecified atom stereocenters. The standard InChI is InChI=1S/C20H19FN6O3/c21-15-3-1-2-4-17(15)27-10-9-26(20(27)29)13-18(28)25-8-5-14(12-25)30-19-16(11-22)23-6-7-24-19/h1-4,6-7,14H,5,8-10,12-13H2. The minimum absolute atomic E-state index is 0.0783. The first kappa shape index (κ1) is 19.6. The SMILES string of the molecule is N#Cc1nccnc1OC1CCN(C(=O)CN2CCN(c3ccccc3F)C2=O)C1. The summed E-state index contributed by atoms with van der Waals surface area (Å²) in [5.74, 6) is -0.529. The number of para-hydroxylation sites is 1. The highest BCUT2D eigenvalue weighted by molar-refractivity contribution is 5.96. The van der Waals surface area contributed by atoms with Crippen molar-refractivity contribution in [2.75, 3.05) is 37.6 Å². The van der Waals surface area contributed by atoms with Gasteiger partial charge in [-0.2, -0.15) is 5.26 Å². The minimum Gasteiger partial charge on any atom is -0.470 e. The zero-order valence-electron chi connectivity index (χ0n) is 16.1. The van der Waals surface area contributed by atoms with E-state index in [1.807, 2.05) is 6.07 Å². The van der Waals surface area contributed by atoms with E-state index in [2.05, 4.69) is 9.97 Å². The summed E-state index contributed by atoms with van der Waals surface area (Å²) in [5.41, 5.74) is 0.308. The Labute approximate surface area is 172 Å². The first-order valence-electron chi connectivity index (χ1n) is 9.53. The summed E-state index contributed by atoms with van der Waals surface area (Å²) in [6, 6.07) is 7.61. The van der Waals surface area contributed by atoms with Crippen LogP contribution >= 0.6 is 0 Å². The maximum Gasteiger partial charge on any atom is 0.325 e. The van der Waals surface area contributed by atoms with Crippen LogP contribution in [0.2, 0.25) is 0 Å². The second-order valence-electron chi connectivity index (χ2n) is 7.00. The fourth-order valence-corrected chi connectivity index (χ4v) is 3.58. The summed E-state index contributed by atoms with van der Waals surface area (Å²) in [7, 11) is 0. The number of likely N-dealkylation sites (tertiary alicyclic amines) is 1. The zero-order valence-corrected chi connectivity index (χ0v) is 16.1. The fraction of sp³-hybridized carbons (Fsp3) is 0.350. The number of urea groups is 1. The van der Waals surface area contributed by atoms with Gasteiger partial charge in [-0.3, -0.25) is 9.69 Å². The third-order valence-corrected chi connectivity index (χ3v) is 5.11. The van der Waals surface area contributed by atoms with Gasteiger partial charge in [0.1, 0.15) is 24.5 Å². The van der Waals surface area contributed by atoms with E-state index in [9.17, 15) is 14.0 Å². The molecular weight excluding hydrogens is 391 g/mol. The van der Waals surface area contributed by atoms with Crippen LogP contribution in [0, 0.1) is 17.1 Å². The third-order valence-electron chi connectivity index (χ3n) is 5.11. The van der Waals surface area contributed by atoms with Gasteiger partial charge in [-0.25, -0.2) is 19.2 Å². The van der Waals surface area contributed by atoms with Gasteiger partial charge in [0, 0.05) is 38.4 Å². The number of nitriles is 1. The minimum atomic E-state index is -0.473. The lowest BCUT2D eigenvalue weighted by molar-refractivity contribution is -0.130. The van der Waals surface area contributed by atoms with Gasteiger partial charge in [0.2, 0.25) is 11.6 Å². The maximum atomic E-state index is 14.0. The van der Waals surface area contributed by atoms with Crippen LogP contribution < -0.4 is 9.64 Å². The van der Waals surface area contributed by atoms with Crippen LogP contribution in [0.5, 0.6) is 5.88 Å². The monoisotopic (exact) mass is 410 g/mol. The molecule has 0 spiro atoms. The van der Waals surface area contributed by atoms with E-state index >= 15 is 0 Å². The first-order chi connectivity index (χ1) is 14.6. The van der Waals surface area contributed by atoms with Gasteiger partial charge in [0.15, 0.2) is 0 Å². The Hall–Kier alpha value is -3.74. The molecule has 2 aromatic rings. The Morgan fingerprint density at radius 3 is 2.83 bits per heavy atom. The molecule has 3 amide bonds. The zero-order chi connectivity index (χ0) is 21.1. The largest absolute Gasteiger partial charge is 0.470 e. The fourth-order valence-electron chi connectivity index (χ4n) is 3.58. The van der Waals surface area contributed by atoms with Gasteiger partial charge in [0.25, 0.3) is 5.88 Å². The van der Waals surface area contributed by atoms with Crippen LogP contribution in [-0.4, -0.2) is 70.5 Å². The van der Waals surface area contributed by atoms with Gasteiger partial charge in [0.05, 0.1) is 12.2 Å². The summed E-state index contributed by atoms with van der Waals surface area (Å²) in [6.45, 7) is 1.40. The summed E-state index contributed by atoms with van der Waals surface area (Å²) < 4.78 is 19.7. The molecule has 9 nitrogen and oxygen atoms in total. The highest BCUT2D eigenvalue weighted by atomic mass is 19.1. The maximum absolute atomic E-state index is 14.0. The summed E-state index contributed by atoms with van der Waals surface area (Å²) in [4.78, 5) is 37.6. The molecule has 2 aliphatic heterocycles. The Balaban J connectivity index is 1.33. The molecule has 2 fully saturated rings. The number of rotatable bonds is 5. The number of nitrogens with zero attached hydrogens (tertiary/aromatic N) is 6. The topological polar surface area (TPSA) is 103 Å². The highest BCUT2D eigenvalue weighted by Gasteiger charge is 2.35. The summed E-state index contributed by atoms with van der Waals surface area (Å²) in [5, 5.41) is 9.08. The number of anilines is 1. The van der Waals surface area contributed by atoms with Gasteiger partial charge in [-0.15, -0.1) is 0 Å². The van der Waals surface area contributed by atoms with E-state index in [1.165, 1.54) is 28.3 Å². The van der Waals surface area contributed by atoms with Crippen LogP contribution in [-0.2, 0) is 4.79 Å². The van der Waals surface area contributed by atoms with Crippen LogP contribution in [0.3, 0.4) is 0 Å². The van der Waals surface area contributed by atoms with Gasteiger partial charge < -0.3 is 14.5 Å². The van der Waals surface area contributed by atoms with E-state index in [1.54, 1.807) is 23.1 Å². The molecule has 30 heavy (non-hydrogen) atoms. The van der Waals surface area contributed by atoms with Crippen molar-refractivity contribution in [3.63, 3.8) is 0 Å². The Bertz CT molecular complexity index is 1010.